The molecule has 0 bridgehead atoms. The lowest BCUT2D eigenvalue weighted by Crippen LogP contribution is -2.23. The van der Waals surface area contributed by atoms with Gasteiger partial charge in [-0.25, -0.2) is 4.79 Å². The van der Waals surface area contributed by atoms with Crippen LogP contribution in [0.1, 0.15) is 22.8 Å². The second-order valence-electron chi connectivity index (χ2n) is 3.82. The minimum absolute atomic E-state index is 0.0579. The standard InChI is InChI=1S/C14H13ClO4/c1-4-19-14(18)13(17)9(3)12(16)10-6-5-8(2)11(15)7-10/h5-7H,3-4H2,1-2H3. The van der Waals surface area contributed by atoms with Crippen LogP contribution >= 0.6 is 11.6 Å². The first-order chi connectivity index (χ1) is 8.88. The van der Waals surface area contributed by atoms with Crippen LogP contribution in [0, 0.1) is 6.92 Å². The van der Waals surface area contributed by atoms with E-state index in [9.17, 15) is 14.4 Å². The summed E-state index contributed by atoms with van der Waals surface area (Å²) in [7, 11) is 0. The molecule has 0 fully saturated rings. The molecule has 4 nitrogen and oxygen atoms in total. The van der Waals surface area contributed by atoms with Crippen LogP contribution in [0.3, 0.4) is 0 Å². The fourth-order valence-corrected chi connectivity index (χ4v) is 1.51. The molecule has 0 unspecified atom stereocenters. The highest BCUT2D eigenvalue weighted by Crippen LogP contribution is 2.18. The van der Waals surface area contributed by atoms with Gasteiger partial charge in [0.25, 0.3) is 5.78 Å². The van der Waals surface area contributed by atoms with Gasteiger partial charge in [0, 0.05) is 10.6 Å². The monoisotopic (exact) mass is 280 g/mol. The van der Waals surface area contributed by atoms with E-state index < -0.39 is 23.1 Å². The van der Waals surface area contributed by atoms with Crippen LogP contribution in [0.15, 0.2) is 30.4 Å². The van der Waals surface area contributed by atoms with Gasteiger partial charge in [-0.15, -0.1) is 0 Å². The van der Waals surface area contributed by atoms with E-state index in [4.69, 9.17) is 11.6 Å². The molecule has 0 aliphatic heterocycles. The lowest BCUT2D eigenvalue weighted by molar-refractivity contribution is -0.151. The van der Waals surface area contributed by atoms with Crippen LogP contribution in [-0.2, 0) is 14.3 Å². The number of Topliss-reactive ketones (excluding diaryl/α,β-unsaturated/α-hetero) is 2. The molecule has 5 heteroatoms. The SMILES string of the molecule is C=C(C(=O)C(=O)OCC)C(=O)c1ccc(C)c(Cl)c1. The van der Waals surface area contributed by atoms with Crippen molar-refractivity contribution < 1.29 is 19.1 Å². The van der Waals surface area contributed by atoms with E-state index in [1.165, 1.54) is 12.1 Å². The Morgan fingerprint density at radius 3 is 2.47 bits per heavy atom. The molecule has 1 rings (SSSR count). The molecule has 0 amide bonds. The molecule has 1 aromatic rings. The Hall–Kier alpha value is -1.94. The molecule has 0 N–H and O–H groups in total. The number of hydrogen-bond acceptors (Lipinski definition) is 4. The molecule has 100 valence electrons. The molecule has 0 saturated carbocycles. The maximum absolute atomic E-state index is 12.0. The van der Waals surface area contributed by atoms with Crippen LogP contribution in [0.5, 0.6) is 0 Å². The predicted molar refractivity (Wildman–Crippen MR) is 71.3 cm³/mol. The van der Waals surface area contributed by atoms with Gasteiger partial charge in [-0.1, -0.05) is 30.3 Å². The number of halogens is 1. The lowest BCUT2D eigenvalue weighted by atomic mass is 10.0. The number of carbonyl (C=O) groups is 3. The molecule has 0 aromatic heterocycles. The third-order valence-corrected chi connectivity index (χ3v) is 2.85. The number of aryl methyl sites for hydroxylation is 1. The van der Waals surface area contributed by atoms with Crippen LogP contribution in [0.2, 0.25) is 5.02 Å². The number of rotatable bonds is 5. The summed E-state index contributed by atoms with van der Waals surface area (Å²) >= 11 is 5.90. The summed E-state index contributed by atoms with van der Waals surface area (Å²) < 4.78 is 4.53. The number of hydrogen-bond donors (Lipinski definition) is 0. The first-order valence-electron chi connectivity index (χ1n) is 5.59. The molecule has 0 saturated heterocycles. The van der Waals surface area contributed by atoms with Gasteiger partial charge >= 0.3 is 5.97 Å². The summed E-state index contributed by atoms with van der Waals surface area (Å²) in [5, 5.41) is 0.405. The van der Waals surface area contributed by atoms with Gasteiger partial charge in [0.1, 0.15) is 0 Å². The van der Waals surface area contributed by atoms with Gasteiger partial charge in [0.2, 0.25) is 0 Å². The van der Waals surface area contributed by atoms with Crippen molar-refractivity contribution in [3.8, 4) is 0 Å². The number of esters is 1. The summed E-state index contributed by atoms with van der Waals surface area (Å²) in [4.78, 5) is 34.8. The van der Waals surface area contributed by atoms with Crippen molar-refractivity contribution in [2.45, 2.75) is 13.8 Å². The Balaban J connectivity index is 2.94. The first-order valence-corrected chi connectivity index (χ1v) is 5.97. The van der Waals surface area contributed by atoms with E-state index in [1.54, 1.807) is 19.9 Å². The van der Waals surface area contributed by atoms with E-state index in [0.717, 1.165) is 5.56 Å². The number of carbonyl (C=O) groups excluding carboxylic acids is 3. The minimum atomic E-state index is -1.08. The quantitative estimate of drug-likeness (QED) is 0.208. The van der Waals surface area contributed by atoms with Crippen LogP contribution < -0.4 is 0 Å². The van der Waals surface area contributed by atoms with Gasteiger partial charge in [-0.2, -0.15) is 0 Å². The van der Waals surface area contributed by atoms with Gasteiger partial charge in [-0.3, -0.25) is 9.59 Å². The molecule has 1 aromatic carbocycles. The van der Waals surface area contributed by atoms with Gasteiger partial charge < -0.3 is 4.74 Å². The first kappa shape index (κ1) is 15.1. The van der Waals surface area contributed by atoms with Crippen molar-refractivity contribution in [3.63, 3.8) is 0 Å². The summed E-state index contributed by atoms with van der Waals surface area (Å²) in [6, 6.07) is 4.60. The summed E-state index contributed by atoms with van der Waals surface area (Å²) in [5.74, 6) is -2.76. The summed E-state index contributed by atoms with van der Waals surface area (Å²) in [6.07, 6.45) is 0. The van der Waals surface area contributed by atoms with Gasteiger partial charge in [-0.05, 0) is 25.5 Å². The largest absolute Gasteiger partial charge is 0.460 e. The Labute approximate surface area is 116 Å². The Morgan fingerprint density at radius 2 is 1.95 bits per heavy atom. The molecule has 0 aliphatic rings. The van der Waals surface area contributed by atoms with Crippen LogP contribution in [0.4, 0.5) is 0 Å². The van der Waals surface area contributed by atoms with Crippen molar-refractivity contribution in [1.82, 2.24) is 0 Å². The topological polar surface area (TPSA) is 60.4 Å². The number of benzene rings is 1. The zero-order valence-electron chi connectivity index (χ0n) is 10.7. The fourth-order valence-electron chi connectivity index (χ4n) is 1.33. The number of ketones is 2. The normalized spacial score (nSPS) is 9.84. The zero-order chi connectivity index (χ0) is 14.6. The highest BCUT2D eigenvalue weighted by Gasteiger charge is 2.25. The van der Waals surface area contributed by atoms with Gasteiger partial charge in [0.05, 0.1) is 12.2 Å². The number of ether oxygens (including phenoxy) is 1. The van der Waals surface area contributed by atoms with Crippen molar-refractivity contribution in [1.29, 1.82) is 0 Å². The Bertz CT molecular complexity index is 561. The Morgan fingerprint density at radius 1 is 1.32 bits per heavy atom. The van der Waals surface area contributed by atoms with Crippen LogP contribution in [0.25, 0.3) is 0 Å². The molecule has 0 spiro atoms. The third kappa shape index (κ3) is 3.51. The highest BCUT2D eigenvalue weighted by atomic mass is 35.5. The van der Waals surface area contributed by atoms with Crippen molar-refractivity contribution in [2.75, 3.05) is 6.61 Å². The maximum Gasteiger partial charge on any atom is 0.379 e. The average Bonchev–Trinajstić information content (AvgIpc) is 2.39. The van der Waals surface area contributed by atoms with E-state index in [0.29, 0.717) is 5.02 Å². The molecule has 0 atom stereocenters. The molecule has 19 heavy (non-hydrogen) atoms. The van der Waals surface area contributed by atoms with Gasteiger partial charge in [0.15, 0.2) is 5.78 Å². The lowest BCUT2D eigenvalue weighted by Gasteiger charge is -2.05. The average molecular weight is 281 g/mol. The van der Waals surface area contributed by atoms with Crippen molar-refractivity contribution >= 4 is 29.1 Å². The van der Waals surface area contributed by atoms with E-state index >= 15 is 0 Å². The van der Waals surface area contributed by atoms with Crippen molar-refractivity contribution in [2.24, 2.45) is 0 Å². The van der Waals surface area contributed by atoms with E-state index in [2.05, 4.69) is 11.3 Å². The molecule has 0 heterocycles. The second-order valence-corrected chi connectivity index (χ2v) is 4.23. The van der Waals surface area contributed by atoms with Crippen LogP contribution in [-0.4, -0.2) is 24.1 Å². The molecule has 0 aliphatic carbocycles. The molecular formula is C14H13ClO4. The van der Waals surface area contributed by atoms with E-state index in [1.807, 2.05) is 0 Å². The molecular weight excluding hydrogens is 268 g/mol. The van der Waals surface area contributed by atoms with E-state index in [-0.39, 0.29) is 12.2 Å². The second kappa shape index (κ2) is 6.29. The third-order valence-electron chi connectivity index (χ3n) is 2.44. The minimum Gasteiger partial charge on any atom is -0.460 e. The molecule has 0 radical (unpaired) electrons. The highest BCUT2D eigenvalue weighted by molar-refractivity contribution is 6.48. The Kier molecular flexibility index (Phi) is 5.01. The smallest absolute Gasteiger partial charge is 0.379 e. The zero-order valence-corrected chi connectivity index (χ0v) is 11.4. The summed E-state index contributed by atoms with van der Waals surface area (Å²) in [6.45, 7) is 6.75. The summed E-state index contributed by atoms with van der Waals surface area (Å²) in [5.41, 5.74) is 0.581. The fraction of sp³-hybridized carbons (Fsp3) is 0.214. The predicted octanol–water partition coefficient (Wildman–Crippen LogP) is 2.52. The maximum atomic E-state index is 12.0. The van der Waals surface area contributed by atoms with Crippen molar-refractivity contribution in [3.05, 3.63) is 46.5 Å².